The van der Waals surface area contributed by atoms with Gasteiger partial charge in [-0.1, -0.05) is 45.5 Å². The van der Waals surface area contributed by atoms with E-state index >= 15 is 0 Å². The second-order valence-electron chi connectivity index (χ2n) is 4.76. The average molecular weight is 255 g/mol. The van der Waals surface area contributed by atoms with Crippen LogP contribution < -0.4 is 0 Å². The van der Waals surface area contributed by atoms with Crippen LogP contribution in [0.4, 0.5) is 0 Å². The minimum absolute atomic E-state index is 0.538. The third-order valence-corrected chi connectivity index (χ3v) is 5.26. The quantitative estimate of drug-likeness (QED) is 0.479. The van der Waals surface area contributed by atoms with Crippen molar-refractivity contribution in [3.63, 3.8) is 0 Å². The molecule has 0 fully saturated rings. The molecular weight excluding hydrogens is 228 g/mol. The zero-order valence-corrected chi connectivity index (χ0v) is 12.6. The largest absolute Gasteiger partial charge is 0.416 e. The topological polar surface area (TPSA) is 29.5 Å². The lowest BCUT2D eigenvalue weighted by Crippen LogP contribution is -2.26. The summed E-state index contributed by atoms with van der Waals surface area (Å²) >= 11 is 0. The fraction of sp³-hybridized carbons (Fsp3) is 0.857. The van der Waals surface area contributed by atoms with Crippen LogP contribution in [0.2, 0.25) is 12.1 Å². The molecule has 0 aromatic carbocycles. The zero-order valence-electron chi connectivity index (χ0n) is 11.6. The number of terminal acetylenes is 1. The first-order chi connectivity index (χ1) is 8.05. The highest BCUT2D eigenvalue weighted by Crippen LogP contribution is 2.13. The van der Waals surface area contributed by atoms with Gasteiger partial charge in [0.2, 0.25) is 9.04 Å². The zero-order chi connectivity index (χ0) is 13.1. The molecule has 0 aromatic heterocycles. The summed E-state index contributed by atoms with van der Waals surface area (Å²) in [5.74, 6) is 2.39. The molecule has 0 saturated carbocycles. The van der Waals surface area contributed by atoms with Crippen molar-refractivity contribution >= 4 is 9.04 Å². The molecular formula is C14H27O2Si. The van der Waals surface area contributed by atoms with Crippen LogP contribution in [0.1, 0.15) is 52.9 Å². The molecule has 0 aliphatic carbocycles. The Morgan fingerprint density at radius 1 is 1.24 bits per heavy atom. The van der Waals surface area contributed by atoms with Crippen molar-refractivity contribution < 1.29 is 9.53 Å². The number of aliphatic hydroxyl groups is 1. The Labute approximate surface area is 108 Å². The van der Waals surface area contributed by atoms with Gasteiger partial charge >= 0.3 is 0 Å². The average Bonchev–Trinajstić information content (AvgIpc) is 2.31. The van der Waals surface area contributed by atoms with Crippen molar-refractivity contribution in [2.75, 3.05) is 6.61 Å². The van der Waals surface area contributed by atoms with Crippen molar-refractivity contribution in [3.05, 3.63) is 0 Å². The molecule has 2 nitrogen and oxygen atoms in total. The van der Waals surface area contributed by atoms with E-state index in [1.54, 1.807) is 6.92 Å². The van der Waals surface area contributed by atoms with E-state index in [4.69, 9.17) is 10.8 Å². The Morgan fingerprint density at radius 3 is 2.18 bits per heavy atom. The number of unbranched alkanes of at least 4 members (excludes halogenated alkanes) is 2. The van der Waals surface area contributed by atoms with Crippen LogP contribution in [0.15, 0.2) is 0 Å². The minimum Gasteiger partial charge on any atom is -0.416 e. The van der Waals surface area contributed by atoms with E-state index in [1.807, 2.05) is 0 Å². The van der Waals surface area contributed by atoms with Gasteiger partial charge in [-0.25, -0.2) is 0 Å². The van der Waals surface area contributed by atoms with Gasteiger partial charge in [0.05, 0.1) is 0 Å². The first kappa shape index (κ1) is 16.7. The Morgan fingerprint density at radius 2 is 1.76 bits per heavy atom. The second-order valence-corrected chi connectivity index (χ2v) is 7.13. The van der Waals surface area contributed by atoms with Crippen LogP contribution >= 0.6 is 0 Å². The van der Waals surface area contributed by atoms with E-state index in [2.05, 4.69) is 19.8 Å². The van der Waals surface area contributed by atoms with Gasteiger partial charge in [-0.3, -0.25) is 0 Å². The van der Waals surface area contributed by atoms with Crippen LogP contribution in [0.3, 0.4) is 0 Å². The molecule has 0 bridgehead atoms. The molecule has 0 aromatic rings. The number of rotatable bonds is 10. The predicted octanol–water partition coefficient (Wildman–Crippen LogP) is 3.37. The summed E-state index contributed by atoms with van der Waals surface area (Å²) in [6.07, 6.45) is 10.7. The van der Waals surface area contributed by atoms with E-state index in [1.165, 1.54) is 37.8 Å². The molecule has 17 heavy (non-hydrogen) atoms. The van der Waals surface area contributed by atoms with Gasteiger partial charge < -0.3 is 9.53 Å². The standard InChI is InChI=1S/C14H27O2Si/c1-5-8-12-17(13-9-6-2)16-11-10-14(4,15)7-3/h3,15H,5-6,8-13H2,1-2,4H3. The number of hydrogen-bond acceptors (Lipinski definition) is 2. The van der Waals surface area contributed by atoms with Gasteiger partial charge in [0, 0.05) is 13.0 Å². The summed E-state index contributed by atoms with van der Waals surface area (Å²) in [4.78, 5) is 0. The van der Waals surface area contributed by atoms with E-state index < -0.39 is 14.6 Å². The fourth-order valence-electron chi connectivity index (χ4n) is 1.48. The number of hydrogen-bond donors (Lipinski definition) is 1. The second kappa shape index (κ2) is 9.70. The molecule has 1 radical (unpaired) electrons. The minimum atomic E-state index is -1.01. The third kappa shape index (κ3) is 9.40. The van der Waals surface area contributed by atoms with Gasteiger partial charge in [-0.15, -0.1) is 6.42 Å². The van der Waals surface area contributed by atoms with E-state index in [9.17, 15) is 5.11 Å². The SMILES string of the molecule is C#CC(C)(O)CCO[Si](CCCC)CCCC. The van der Waals surface area contributed by atoms with Crippen molar-refractivity contribution in [2.24, 2.45) is 0 Å². The van der Waals surface area contributed by atoms with Crippen molar-refractivity contribution in [2.45, 2.75) is 70.6 Å². The van der Waals surface area contributed by atoms with Crippen LogP contribution in [-0.2, 0) is 4.43 Å². The Balaban J connectivity index is 3.86. The summed E-state index contributed by atoms with van der Waals surface area (Å²) in [6, 6.07) is 2.44. The molecule has 0 spiro atoms. The Hall–Kier alpha value is -0.303. The molecule has 1 N–H and O–H groups in total. The lowest BCUT2D eigenvalue weighted by atomic mass is 10.1. The molecule has 1 unspecified atom stereocenters. The summed E-state index contributed by atoms with van der Waals surface area (Å²) in [5.41, 5.74) is -1.01. The van der Waals surface area contributed by atoms with Crippen molar-refractivity contribution in [3.8, 4) is 12.3 Å². The van der Waals surface area contributed by atoms with Gasteiger partial charge in [0.15, 0.2) is 0 Å². The molecule has 3 heteroatoms. The Kier molecular flexibility index (Phi) is 9.53. The van der Waals surface area contributed by atoms with Gasteiger partial charge in [0.1, 0.15) is 5.60 Å². The molecule has 99 valence electrons. The normalized spacial score (nSPS) is 14.6. The molecule has 0 rings (SSSR count). The Bertz CT molecular complexity index is 213. The van der Waals surface area contributed by atoms with Crippen LogP contribution in [-0.4, -0.2) is 26.4 Å². The highest BCUT2D eigenvalue weighted by Gasteiger charge is 2.18. The smallest absolute Gasteiger partial charge is 0.211 e. The fourth-order valence-corrected chi connectivity index (χ4v) is 3.91. The monoisotopic (exact) mass is 255 g/mol. The molecule has 1 atom stereocenters. The van der Waals surface area contributed by atoms with E-state index in [0.717, 1.165) is 0 Å². The van der Waals surface area contributed by atoms with E-state index in [0.29, 0.717) is 13.0 Å². The van der Waals surface area contributed by atoms with Crippen molar-refractivity contribution in [1.29, 1.82) is 0 Å². The summed E-state index contributed by atoms with van der Waals surface area (Å²) in [5, 5.41) is 9.68. The van der Waals surface area contributed by atoms with Crippen LogP contribution in [0.25, 0.3) is 0 Å². The molecule has 0 amide bonds. The maximum absolute atomic E-state index is 9.68. The lowest BCUT2D eigenvalue weighted by molar-refractivity contribution is 0.0921. The van der Waals surface area contributed by atoms with Crippen molar-refractivity contribution in [1.82, 2.24) is 0 Å². The predicted molar refractivity (Wildman–Crippen MR) is 75.2 cm³/mol. The van der Waals surface area contributed by atoms with E-state index in [-0.39, 0.29) is 0 Å². The van der Waals surface area contributed by atoms with Gasteiger partial charge in [-0.05, 0) is 19.0 Å². The summed E-state index contributed by atoms with van der Waals surface area (Å²) in [6.45, 7) is 6.69. The van der Waals surface area contributed by atoms with Crippen LogP contribution in [0, 0.1) is 12.3 Å². The van der Waals surface area contributed by atoms with Gasteiger partial charge in [-0.2, -0.15) is 0 Å². The molecule has 0 saturated heterocycles. The summed E-state index contributed by atoms with van der Waals surface area (Å²) in [7, 11) is -0.680. The maximum atomic E-state index is 9.68. The highest BCUT2D eigenvalue weighted by molar-refractivity contribution is 6.51. The first-order valence-electron chi connectivity index (χ1n) is 6.73. The third-order valence-electron chi connectivity index (χ3n) is 2.82. The van der Waals surface area contributed by atoms with Gasteiger partial charge in [0.25, 0.3) is 0 Å². The molecule has 0 aliphatic rings. The molecule has 0 aliphatic heterocycles. The maximum Gasteiger partial charge on any atom is 0.211 e. The molecule has 0 heterocycles. The van der Waals surface area contributed by atoms with Crippen LogP contribution in [0.5, 0.6) is 0 Å². The highest BCUT2D eigenvalue weighted by atomic mass is 28.3. The summed E-state index contributed by atoms with van der Waals surface area (Å²) < 4.78 is 5.93. The first-order valence-corrected chi connectivity index (χ1v) is 8.55. The lowest BCUT2D eigenvalue weighted by Gasteiger charge is -2.19.